The third-order valence-electron chi connectivity index (χ3n) is 5.83. The third-order valence-corrected chi connectivity index (χ3v) is 6.35. The van der Waals surface area contributed by atoms with E-state index in [-0.39, 0.29) is 24.2 Å². The third kappa shape index (κ3) is 6.49. The van der Waals surface area contributed by atoms with Gasteiger partial charge < -0.3 is 15.2 Å². The minimum atomic E-state index is -0.348. The highest BCUT2D eigenvalue weighted by atomic mass is 32.1. The molecule has 1 aromatic rings. The fourth-order valence-corrected chi connectivity index (χ4v) is 3.90. The van der Waals surface area contributed by atoms with Crippen LogP contribution in [0.5, 0.6) is 5.88 Å². The van der Waals surface area contributed by atoms with Crippen LogP contribution in [0, 0.1) is 5.92 Å². The molecule has 1 aliphatic heterocycles. The van der Waals surface area contributed by atoms with E-state index in [2.05, 4.69) is 34.5 Å². The van der Waals surface area contributed by atoms with Gasteiger partial charge in [-0.05, 0) is 6.42 Å². The number of carbonyl (C=O) groups excluding carboxylic acids is 1. The molecule has 0 saturated carbocycles. The molecule has 0 saturated heterocycles. The molecule has 1 unspecified atom stereocenters. The van der Waals surface area contributed by atoms with Crippen LogP contribution >= 0.6 is 11.7 Å². The minimum absolute atomic E-state index is 0.162. The summed E-state index contributed by atoms with van der Waals surface area (Å²) in [5, 5.41) is 0. The molecule has 0 amide bonds. The van der Waals surface area contributed by atoms with Crippen LogP contribution in [0.4, 0.5) is 0 Å². The average Bonchev–Trinajstić information content (AvgIpc) is 3.15. The molecule has 0 fully saturated rings. The van der Waals surface area contributed by atoms with E-state index in [1.54, 1.807) is 0 Å². The SMILES string of the molecule is CCCCCCOc1nsnc1C1=CCC[N+](C)([C@@H](C)OC(=O)[C@@H]([NH3+])C(C)C)C1. The van der Waals surface area contributed by atoms with Crippen molar-refractivity contribution in [2.24, 2.45) is 5.92 Å². The van der Waals surface area contributed by atoms with Crippen molar-refractivity contribution < 1.29 is 24.5 Å². The Morgan fingerprint density at radius 3 is 2.72 bits per heavy atom. The Labute approximate surface area is 179 Å². The maximum atomic E-state index is 12.4. The number of carbonyl (C=O) groups is 1. The Bertz CT molecular complexity index is 691. The Kier molecular flexibility index (Phi) is 9.04. The molecule has 0 spiro atoms. The van der Waals surface area contributed by atoms with Crippen LogP contribution in [0.15, 0.2) is 6.08 Å². The molecular formula is C21H38N4O3S+2. The Morgan fingerprint density at radius 1 is 1.28 bits per heavy atom. The van der Waals surface area contributed by atoms with Gasteiger partial charge in [-0.15, -0.1) is 4.37 Å². The molecule has 1 aromatic heterocycles. The Morgan fingerprint density at radius 2 is 2.03 bits per heavy atom. The average molecular weight is 427 g/mol. The van der Waals surface area contributed by atoms with Gasteiger partial charge in [0.25, 0.3) is 5.88 Å². The molecule has 164 valence electrons. The number of quaternary nitrogens is 2. The van der Waals surface area contributed by atoms with Gasteiger partial charge in [0.1, 0.15) is 12.2 Å². The number of esters is 1. The van der Waals surface area contributed by atoms with Crippen molar-refractivity contribution in [3.63, 3.8) is 0 Å². The molecule has 2 rings (SSSR count). The maximum absolute atomic E-state index is 12.4. The van der Waals surface area contributed by atoms with Crippen LogP contribution in [-0.2, 0) is 9.53 Å². The van der Waals surface area contributed by atoms with Gasteiger partial charge in [-0.3, -0.25) is 4.48 Å². The molecule has 3 N–H and O–H groups in total. The van der Waals surface area contributed by atoms with Crippen LogP contribution in [-0.4, -0.2) is 58.2 Å². The first-order valence-electron chi connectivity index (χ1n) is 10.8. The van der Waals surface area contributed by atoms with Crippen LogP contribution in [0.25, 0.3) is 5.57 Å². The summed E-state index contributed by atoms with van der Waals surface area (Å²) in [7, 11) is 2.13. The van der Waals surface area contributed by atoms with Gasteiger partial charge in [0.15, 0.2) is 6.04 Å². The van der Waals surface area contributed by atoms with E-state index in [9.17, 15) is 4.79 Å². The lowest BCUT2D eigenvalue weighted by molar-refractivity contribution is -0.944. The van der Waals surface area contributed by atoms with Crippen molar-refractivity contribution in [1.29, 1.82) is 0 Å². The first kappa shape index (κ1) is 23.8. The van der Waals surface area contributed by atoms with Crippen molar-refractivity contribution >= 4 is 23.3 Å². The van der Waals surface area contributed by atoms with Crippen LogP contribution in [0.1, 0.15) is 65.5 Å². The van der Waals surface area contributed by atoms with E-state index in [1.807, 2.05) is 20.8 Å². The Hall–Kier alpha value is -1.51. The van der Waals surface area contributed by atoms with Gasteiger partial charge in [0, 0.05) is 24.8 Å². The fourth-order valence-electron chi connectivity index (χ4n) is 3.37. The van der Waals surface area contributed by atoms with E-state index >= 15 is 0 Å². The molecular weight excluding hydrogens is 388 g/mol. The van der Waals surface area contributed by atoms with E-state index < -0.39 is 0 Å². The molecule has 0 aromatic carbocycles. The number of hydrogen-bond donors (Lipinski definition) is 1. The highest BCUT2D eigenvalue weighted by Crippen LogP contribution is 2.31. The molecule has 2 heterocycles. The normalized spacial score (nSPS) is 21.6. The zero-order valence-corrected chi connectivity index (χ0v) is 19.5. The summed E-state index contributed by atoms with van der Waals surface area (Å²) in [5.41, 5.74) is 5.90. The number of hydrogen-bond acceptors (Lipinski definition) is 6. The molecule has 0 bridgehead atoms. The summed E-state index contributed by atoms with van der Waals surface area (Å²) in [6.07, 6.45) is 7.52. The van der Waals surface area contributed by atoms with Crippen molar-refractivity contribution in [3.8, 4) is 5.88 Å². The van der Waals surface area contributed by atoms with Gasteiger partial charge in [0.05, 0.1) is 31.9 Å². The summed E-state index contributed by atoms with van der Waals surface area (Å²) >= 11 is 1.19. The van der Waals surface area contributed by atoms with Crippen molar-refractivity contribution in [3.05, 3.63) is 11.8 Å². The largest absolute Gasteiger partial charge is 0.475 e. The number of ether oxygens (including phenoxy) is 2. The van der Waals surface area contributed by atoms with E-state index in [1.165, 1.54) is 31.0 Å². The molecule has 3 atom stereocenters. The smallest absolute Gasteiger partial charge is 0.369 e. The van der Waals surface area contributed by atoms with Gasteiger partial charge in [-0.1, -0.05) is 46.1 Å². The number of nitrogens with zero attached hydrogens (tertiary/aromatic N) is 3. The quantitative estimate of drug-likeness (QED) is 0.334. The summed E-state index contributed by atoms with van der Waals surface area (Å²) in [4.78, 5) is 12.4. The molecule has 29 heavy (non-hydrogen) atoms. The lowest BCUT2D eigenvalue weighted by Gasteiger charge is -2.41. The second-order valence-electron chi connectivity index (χ2n) is 8.59. The number of rotatable bonds is 11. The van der Waals surface area contributed by atoms with Crippen molar-refractivity contribution in [2.75, 3.05) is 26.7 Å². The minimum Gasteiger partial charge on any atom is -0.475 e. The van der Waals surface area contributed by atoms with Crippen LogP contribution < -0.4 is 10.5 Å². The second-order valence-corrected chi connectivity index (χ2v) is 9.12. The van der Waals surface area contributed by atoms with Gasteiger partial charge in [0.2, 0.25) is 6.23 Å². The first-order valence-corrected chi connectivity index (χ1v) is 11.5. The number of likely N-dealkylation sites (N-methyl/N-ethyl adjacent to an activating group) is 1. The summed E-state index contributed by atoms with van der Waals surface area (Å²) < 4.78 is 21.2. The van der Waals surface area contributed by atoms with E-state index in [0.29, 0.717) is 17.0 Å². The highest BCUT2D eigenvalue weighted by Gasteiger charge is 2.38. The van der Waals surface area contributed by atoms with Crippen molar-refractivity contribution in [2.45, 2.75) is 72.1 Å². The summed E-state index contributed by atoms with van der Waals surface area (Å²) in [6.45, 7) is 10.5. The van der Waals surface area contributed by atoms with Gasteiger partial charge in [-0.25, -0.2) is 4.79 Å². The van der Waals surface area contributed by atoms with Crippen molar-refractivity contribution in [1.82, 2.24) is 8.75 Å². The highest BCUT2D eigenvalue weighted by molar-refractivity contribution is 6.99. The van der Waals surface area contributed by atoms with Crippen LogP contribution in [0.3, 0.4) is 0 Å². The van der Waals surface area contributed by atoms with Gasteiger partial charge >= 0.3 is 5.97 Å². The van der Waals surface area contributed by atoms with E-state index in [4.69, 9.17) is 9.47 Å². The molecule has 7 nitrogen and oxygen atoms in total. The second kappa shape index (κ2) is 11.0. The van der Waals surface area contributed by atoms with E-state index in [0.717, 1.165) is 37.2 Å². The molecule has 8 heteroatoms. The number of aromatic nitrogens is 2. The molecule has 0 radical (unpaired) electrons. The first-order chi connectivity index (χ1) is 13.8. The molecule has 1 aliphatic rings. The maximum Gasteiger partial charge on any atom is 0.369 e. The van der Waals surface area contributed by atoms with Crippen LogP contribution in [0.2, 0.25) is 0 Å². The van der Waals surface area contributed by atoms with Gasteiger partial charge in [-0.2, -0.15) is 4.37 Å². The Balaban J connectivity index is 2.00. The summed E-state index contributed by atoms with van der Waals surface area (Å²) in [6, 6.07) is -0.348. The zero-order valence-electron chi connectivity index (χ0n) is 18.6. The monoisotopic (exact) mass is 426 g/mol. The standard InChI is InChI=1S/C21H37N4O3S/c1-6-7-8-9-13-27-20-19(23-29-24-20)17-11-10-12-25(5,14-17)16(4)28-21(26)18(22)15(2)3/h11,15-16,18H,6-10,12-14,22H2,1-5H3/q+1/p+1/t16-,18+,25?/m1/s1. The lowest BCUT2D eigenvalue weighted by atomic mass is 10.0. The topological polar surface area (TPSA) is 89.0 Å². The molecule has 0 aliphatic carbocycles. The zero-order chi connectivity index (χ0) is 21.4. The fraction of sp³-hybridized carbons (Fsp3) is 0.762. The predicted octanol–water partition coefficient (Wildman–Crippen LogP) is 2.89. The summed E-state index contributed by atoms with van der Waals surface area (Å²) in [5.74, 6) is 0.567. The predicted molar refractivity (Wildman–Crippen MR) is 115 cm³/mol. The lowest BCUT2D eigenvalue weighted by Crippen LogP contribution is -2.69. The number of unbranched alkanes of at least 4 members (excludes halogenated alkanes) is 3.